The lowest BCUT2D eigenvalue weighted by atomic mass is 9.84. The maximum absolute atomic E-state index is 12.8. The van der Waals surface area contributed by atoms with Crippen LogP contribution in [0.3, 0.4) is 0 Å². The van der Waals surface area contributed by atoms with Gasteiger partial charge in [-0.2, -0.15) is 0 Å². The van der Waals surface area contributed by atoms with Crippen molar-refractivity contribution in [2.75, 3.05) is 16.0 Å². The van der Waals surface area contributed by atoms with E-state index >= 15 is 0 Å². The average molecular weight is 439 g/mol. The highest BCUT2D eigenvalue weighted by Gasteiger charge is 2.35. The number of nitrogens with zero attached hydrogens (tertiary/aromatic N) is 1. The van der Waals surface area contributed by atoms with Gasteiger partial charge in [0, 0.05) is 17.8 Å². The van der Waals surface area contributed by atoms with Gasteiger partial charge in [0.2, 0.25) is 11.8 Å². The molecular formula is C26H34N2O2S. The molecular weight excluding hydrogens is 404 g/mol. The van der Waals surface area contributed by atoms with Crippen molar-refractivity contribution in [3.8, 4) is 0 Å². The van der Waals surface area contributed by atoms with E-state index in [9.17, 15) is 9.59 Å². The Morgan fingerprint density at radius 2 is 1.94 bits per heavy atom. The van der Waals surface area contributed by atoms with Crippen molar-refractivity contribution in [1.29, 1.82) is 0 Å². The molecule has 1 N–H and O–H groups in total. The summed E-state index contributed by atoms with van der Waals surface area (Å²) in [5.41, 5.74) is 4.18. The Bertz CT molecular complexity index is 935. The normalized spacial score (nSPS) is 17.6. The maximum atomic E-state index is 12.8. The second-order valence-electron chi connectivity index (χ2n) is 9.66. The molecule has 0 aliphatic carbocycles. The van der Waals surface area contributed by atoms with E-state index in [1.54, 1.807) is 11.8 Å². The van der Waals surface area contributed by atoms with Gasteiger partial charge in [-0.1, -0.05) is 65.0 Å². The molecule has 0 saturated carbocycles. The Hall–Kier alpha value is -2.27. The summed E-state index contributed by atoms with van der Waals surface area (Å²) in [7, 11) is 0. The topological polar surface area (TPSA) is 49.4 Å². The summed E-state index contributed by atoms with van der Waals surface area (Å²) >= 11 is 1.63. The first-order chi connectivity index (χ1) is 14.7. The van der Waals surface area contributed by atoms with E-state index in [2.05, 4.69) is 46.0 Å². The highest BCUT2D eigenvalue weighted by atomic mass is 32.2. The monoisotopic (exact) mass is 438 g/mol. The molecule has 0 bridgehead atoms. The molecule has 1 aliphatic heterocycles. The Labute approximate surface area is 190 Å². The van der Waals surface area contributed by atoms with Crippen LogP contribution < -0.4 is 10.2 Å². The summed E-state index contributed by atoms with van der Waals surface area (Å²) in [4.78, 5) is 27.3. The Balaban J connectivity index is 1.76. The average Bonchev–Trinajstić information content (AvgIpc) is 3.07. The van der Waals surface area contributed by atoms with Crippen LogP contribution >= 0.6 is 11.8 Å². The molecule has 5 heteroatoms. The van der Waals surface area contributed by atoms with Crippen molar-refractivity contribution in [1.82, 2.24) is 0 Å². The van der Waals surface area contributed by atoms with Crippen LogP contribution in [0.1, 0.15) is 64.0 Å². The van der Waals surface area contributed by atoms with Gasteiger partial charge in [0.15, 0.2) is 0 Å². The largest absolute Gasteiger partial charge is 0.326 e. The first kappa shape index (κ1) is 23.4. The van der Waals surface area contributed by atoms with Crippen molar-refractivity contribution in [3.63, 3.8) is 0 Å². The summed E-state index contributed by atoms with van der Waals surface area (Å²) < 4.78 is 0. The number of hydrogen-bond donors (Lipinski definition) is 1. The Kier molecular flexibility index (Phi) is 7.47. The molecule has 31 heavy (non-hydrogen) atoms. The van der Waals surface area contributed by atoms with E-state index in [1.165, 1.54) is 5.56 Å². The number of thioether (sulfide) groups is 1. The van der Waals surface area contributed by atoms with Gasteiger partial charge in [0.1, 0.15) is 5.37 Å². The molecule has 4 nitrogen and oxygen atoms in total. The molecule has 2 aromatic rings. The number of hydrogen-bond acceptors (Lipinski definition) is 3. The number of amides is 2. The summed E-state index contributed by atoms with van der Waals surface area (Å²) in [5, 5.41) is 2.97. The fourth-order valence-electron chi connectivity index (χ4n) is 4.39. The van der Waals surface area contributed by atoms with Crippen molar-refractivity contribution in [2.45, 2.75) is 59.3 Å². The van der Waals surface area contributed by atoms with E-state index in [0.29, 0.717) is 18.1 Å². The number of anilines is 2. The minimum absolute atomic E-state index is 0.0391. The predicted octanol–water partition coefficient (Wildman–Crippen LogP) is 6.43. The molecule has 2 atom stereocenters. The van der Waals surface area contributed by atoms with Crippen LogP contribution in [0.4, 0.5) is 11.4 Å². The molecule has 0 radical (unpaired) electrons. The fraction of sp³-hybridized carbons (Fsp3) is 0.462. The molecule has 2 aromatic carbocycles. The van der Waals surface area contributed by atoms with Gasteiger partial charge >= 0.3 is 0 Å². The maximum Gasteiger partial charge on any atom is 0.238 e. The van der Waals surface area contributed by atoms with Crippen LogP contribution in [0.15, 0.2) is 48.5 Å². The van der Waals surface area contributed by atoms with Gasteiger partial charge in [-0.05, 0) is 53.5 Å². The summed E-state index contributed by atoms with van der Waals surface area (Å²) in [6.45, 7) is 10.8. The third-order valence-electron chi connectivity index (χ3n) is 5.45. The standard InChI is InChI=1S/C26H34N2O2S/c1-6-19-10-7-8-13-22(19)28-24(30)17-31-25(28)20-11-9-12-21(15-20)27-23(29)14-18(2)16-26(3,4)5/h7-13,15,18,25H,6,14,16-17H2,1-5H3,(H,27,29). The fourth-order valence-corrected chi connectivity index (χ4v) is 5.55. The minimum atomic E-state index is -0.0862. The molecule has 1 aliphatic rings. The van der Waals surface area contributed by atoms with Gasteiger partial charge in [-0.3, -0.25) is 14.5 Å². The first-order valence-electron chi connectivity index (χ1n) is 11.1. The highest BCUT2D eigenvalue weighted by Crippen LogP contribution is 2.43. The zero-order chi connectivity index (χ0) is 22.6. The van der Waals surface area contributed by atoms with Crippen LogP contribution in [-0.4, -0.2) is 17.6 Å². The van der Waals surface area contributed by atoms with E-state index < -0.39 is 0 Å². The zero-order valence-corrected chi connectivity index (χ0v) is 20.1. The minimum Gasteiger partial charge on any atom is -0.326 e. The number of benzene rings is 2. The molecule has 0 spiro atoms. The summed E-state index contributed by atoms with van der Waals surface area (Å²) in [5.74, 6) is 0.953. The lowest BCUT2D eigenvalue weighted by Crippen LogP contribution is -2.28. The van der Waals surface area contributed by atoms with Gasteiger partial charge in [0.25, 0.3) is 0 Å². The molecule has 1 heterocycles. The second-order valence-corrected chi connectivity index (χ2v) is 10.7. The Morgan fingerprint density at radius 1 is 1.19 bits per heavy atom. The van der Waals surface area contributed by atoms with E-state index in [0.717, 1.165) is 29.8 Å². The molecule has 1 saturated heterocycles. The van der Waals surface area contributed by atoms with Crippen LogP contribution in [0.25, 0.3) is 0 Å². The lowest BCUT2D eigenvalue weighted by Gasteiger charge is -2.27. The van der Waals surface area contributed by atoms with Crippen molar-refractivity contribution in [2.24, 2.45) is 11.3 Å². The number of nitrogens with one attached hydrogen (secondary N) is 1. The Morgan fingerprint density at radius 3 is 2.65 bits per heavy atom. The number of carbonyl (C=O) groups excluding carboxylic acids is 2. The van der Waals surface area contributed by atoms with Gasteiger partial charge in [0.05, 0.1) is 5.75 Å². The van der Waals surface area contributed by atoms with Gasteiger partial charge < -0.3 is 5.32 Å². The van der Waals surface area contributed by atoms with Crippen molar-refractivity contribution < 1.29 is 9.59 Å². The number of aryl methyl sites for hydroxylation is 1. The molecule has 166 valence electrons. The highest BCUT2D eigenvalue weighted by molar-refractivity contribution is 8.00. The second kappa shape index (κ2) is 9.90. The molecule has 3 rings (SSSR count). The zero-order valence-electron chi connectivity index (χ0n) is 19.3. The lowest BCUT2D eigenvalue weighted by molar-refractivity contribution is -0.117. The molecule has 0 aromatic heterocycles. The van der Waals surface area contributed by atoms with Crippen LogP contribution in [0, 0.1) is 11.3 Å². The molecule has 2 unspecified atom stereocenters. The first-order valence-corrected chi connectivity index (χ1v) is 12.1. The van der Waals surface area contributed by atoms with Gasteiger partial charge in [-0.15, -0.1) is 11.8 Å². The molecule has 2 amide bonds. The third-order valence-corrected chi connectivity index (χ3v) is 6.66. The van der Waals surface area contributed by atoms with E-state index in [1.807, 2.05) is 47.4 Å². The number of rotatable bonds is 7. The van der Waals surface area contributed by atoms with Crippen LogP contribution in [0.2, 0.25) is 0 Å². The van der Waals surface area contributed by atoms with Crippen molar-refractivity contribution in [3.05, 3.63) is 59.7 Å². The summed E-state index contributed by atoms with van der Waals surface area (Å²) in [6, 6.07) is 16.0. The third kappa shape index (κ3) is 6.13. The predicted molar refractivity (Wildman–Crippen MR) is 131 cm³/mol. The van der Waals surface area contributed by atoms with E-state index in [4.69, 9.17) is 0 Å². The van der Waals surface area contributed by atoms with Gasteiger partial charge in [-0.25, -0.2) is 0 Å². The van der Waals surface area contributed by atoms with E-state index in [-0.39, 0.29) is 22.6 Å². The van der Waals surface area contributed by atoms with Crippen LogP contribution in [-0.2, 0) is 16.0 Å². The van der Waals surface area contributed by atoms with Crippen molar-refractivity contribution >= 4 is 35.0 Å². The quantitative estimate of drug-likeness (QED) is 0.542. The molecule has 1 fully saturated rings. The van der Waals surface area contributed by atoms with Crippen LogP contribution in [0.5, 0.6) is 0 Å². The summed E-state index contributed by atoms with van der Waals surface area (Å²) in [6.07, 6.45) is 2.39. The number of para-hydroxylation sites is 1. The SMILES string of the molecule is CCc1ccccc1N1C(=O)CSC1c1cccc(NC(=O)CC(C)CC(C)(C)C)c1. The number of carbonyl (C=O) groups is 2. The smallest absolute Gasteiger partial charge is 0.238 e.